The molecule has 0 saturated heterocycles. The molecule has 0 amide bonds. The minimum atomic E-state index is -0.489. The number of nitrogens with zero attached hydrogens (tertiary/aromatic N) is 4. The Morgan fingerprint density at radius 3 is 2.38 bits per heavy atom. The normalized spacial score (nSPS) is 12.1. The van der Waals surface area contributed by atoms with Crippen molar-refractivity contribution in [3.05, 3.63) is 65.4 Å². The zero-order chi connectivity index (χ0) is 17.7. The molecule has 0 spiro atoms. The van der Waals surface area contributed by atoms with Crippen molar-refractivity contribution in [1.29, 1.82) is 0 Å². The van der Waals surface area contributed by atoms with E-state index in [-0.39, 0.29) is 22.8 Å². The van der Waals surface area contributed by atoms with Crippen molar-refractivity contribution in [1.82, 2.24) is 20.3 Å². The number of fused-ring (bicyclic) bond motifs is 4. The van der Waals surface area contributed by atoms with Crippen LogP contribution in [0.3, 0.4) is 0 Å². The van der Waals surface area contributed by atoms with E-state index >= 15 is 0 Å². The lowest BCUT2D eigenvalue weighted by atomic mass is 10.1. The topological polar surface area (TPSA) is 108 Å². The summed E-state index contributed by atoms with van der Waals surface area (Å²) in [6, 6.07) is 13.4. The molecule has 0 aliphatic heterocycles. The van der Waals surface area contributed by atoms with Crippen molar-refractivity contribution in [3.63, 3.8) is 0 Å². The fraction of sp³-hybridized carbons (Fsp3) is 0. The lowest BCUT2D eigenvalue weighted by Crippen LogP contribution is -2.08. The summed E-state index contributed by atoms with van der Waals surface area (Å²) in [6.07, 6.45) is 0. The summed E-state index contributed by atoms with van der Waals surface area (Å²) < 4.78 is 9.99. The van der Waals surface area contributed by atoms with E-state index in [1.807, 2.05) is 6.07 Å². The minimum Gasteiger partial charge on any atom is -0.423 e. The van der Waals surface area contributed by atoms with Gasteiger partial charge in [0, 0.05) is 11.1 Å². The van der Waals surface area contributed by atoms with Gasteiger partial charge in [0.05, 0.1) is 5.56 Å². The SMILES string of the molecule is O=C(Oc1ccc2c(c1)-c1nc3nonc3nc1C2=O)c1ccccc1. The molecule has 0 fully saturated rings. The van der Waals surface area contributed by atoms with Gasteiger partial charge in [-0.1, -0.05) is 18.2 Å². The van der Waals surface area contributed by atoms with E-state index in [9.17, 15) is 9.59 Å². The number of aromatic nitrogens is 4. The van der Waals surface area contributed by atoms with Gasteiger partial charge in [0.25, 0.3) is 0 Å². The highest BCUT2D eigenvalue weighted by atomic mass is 16.6. The first-order valence-electron chi connectivity index (χ1n) is 7.67. The molecule has 2 aromatic heterocycles. The van der Waals surface area contributed by atoms with Crippen LogP contribution >= 0.6 is 0 Å². The molecule has 1 aliphatic rings. The smallest absolute Gasteiger partial charge is 0.343 e. The van der Waals surface area contributed by atoms with Gasteiger partial charge in [0.2, 0.25) is 17.1 Å². The molecule has 0 saturated carbocycles. The molecule has 0 atom stereocenters. The third-order valence-corrected chi connectivity index (χ3v) is 4.04. The number of carbonyl (C=O) groups is 2. The highest BCUT2D eigenvalue weighted by molar-refractivity contribution is 6.20. The predicted molar refractivity (Wildman–Crippen MR) is 87.7 cm³/mol. The quantitative estimate of drug-likeness (QED) is 0.355. The van der Waals surface area contributed by atoms with Crippen LogP contribution in [0.2, 0.25) is 0 Å². The van der Waals surface area contributed by atoms with E-state index in [0.717, 1.165) is 0 Å². The second-order valence-electron chi connectivity index (χ2n) is 5.62. The van der Waals surface area contributed by atoms with E-state index < -0.39 is 5.97 Å². The van der Waals surface area contributed by atoms with Crippen molar-refractivity contribution in [3.8, 4) is 17.0 Å². The molecule has 124 valence electrons. The first-order valence-corrected chi connectivity index (χ1v) is 7.67. The molecule has 4 aromatic rings. The van der Waals surface area contributed by atoms with Gasteiger partial charge < -0.3 is 4.74 Å². The Morgan fingerprint density at radius 2 is 1.62 bits per heavy atom. The number of carbonyl (C=O) groups excluding carboxylic acids is 2. The Bertz CT molecular complexity index is 1200. The number of benzene rings is 2. The minimum absolute atomic E-state index is 0.167. The Hall–Kier alpha value is -3.94. The van der Waals surface area contributed by atoms with E-state index in [1.54, 1.807) is 42.5 Å². The monoisotopic (exact) mass is 344 g/mol. The van der Waals surface area contributed by atoms with Crippen LogP contribution < -0.4 is 4.74 Å². The lowest BCUT2D eigenvalue weighted by molar-refractivity contribution is 0.0735. The fourth-order valence-corrected chi connectivity index (χ4v) is 2.83. The summed E-state index contributed by atoms with van der Waals surface area (Å²) in [5, 5.41) is 7.25. The van der Waals surface area contributed by atoms with Crippen LogP contribution in [0, 0.1) is 0 Å². The molecule has 0 unspecified atom stereocenters. The molecule has 0 bridgehead atoms. The summed E-state index contributed by atoms with van der Waals surface area (Å²) >= 11 is 0. The van der Waals surface area contributed by atoms with Crippen molar-refractivity contribution in [2.75, 3.05) is 0 Å². The number of rotatable bonds is 2. The van der Waals surface area contributed by atoms with Gasteiger partial charge in [-0.2, -0.15) is 0 Å². The largest absolute Gasteiger partial charge is 0.423 e. The number of ether oxygens (including phenoxy) is 1. The van der Waals surface area contributed by atoms with Crippen LogP contribution in [0.1, 0.15) is 26.4 Å². The lowest BCUT2D eigenvalue weighted by Gasteiger charge is -2.06. The summed E-state index contributed by atoms with van der Waals surface area (Å²) in [5.74, 6) is -0.455. The zero-order valence-electron chi connectivity index (χ0n) is 13.0. The summed E-state index contributed by atoms with van der Waals surface area (Å²) in [7, 11) is 0. The van der Waals surface area contributed by atoms with E-state index in [4.69, 9.17) is 4.74 Å². The van der Waals surface area contributed by atoms with Crippen molar-refractivity contribution in [2.45, 2.75) is 0 Å². The second kappa shape index (κ2) is 5.28. The average Bonchev–Trinajstić information content (AvgIpc) is 3.24. The summed E-state index contributed by atoms with van der Waals surface area (Å²) in [5.41, 5.74) is 2.31. The van der Waals surface area contributed by atoms with E-state index in [0.29, 0.717) is 28.1 Å². The fourth-order valence-electron chi connectivity index (χ4n) is 2.83. The Balaban J connectivity index is 1.56. The van der Waals surface area contributed by atoms with Crippen molar-refractivity contribution >= 4 is 23.0 Å². The van der Waals surface area contributed by atoms with Gasteiger partial charge in [0.1, 0.15) is 17.1 Å². The Kier molecular flexibility index (Phi) is 2.93. The third-order valence-electron chi connectivity index (χ3n) is 4.04. The molecule has 5 rings (SSSR count). The number of hydrogen-bond donors (Lipinski definition) is 0. The first kappa shape index (κ1) is 14.4. The maximum absolute atomic E-state index is 12.5. The maximum Gasteiger partial charge on any atom is 0.343 e. The molecule has 2 heterocycles. The maximum atomic E-state index is 12.5. The number of esters is 1. The van der Waals surface area contributed by atoms with Crippen molar-refractivity contribution < 1.29 is 19.0 Å². The molecular weight excluding hydrogens is 336 g/mol. The van der Waals surface area contributed by atoms with Crippen LogP contribution in [0.15, 0.2) is 53.2 Å². The highest BCUT2D eigenvalue weighted by Crippen LogP contribution is 2.37. The molecular formula is C18H8N4O4. The Morgan fingerprint density at radius 1 is 0.885 bits per heavy atom. The van der Waals surface area contributed by atoms with E-state index in [1.165, 1.54) is 0 Å². The number of hydrogen-bond acceptors (Lipinski definition) is 8. The van der Waals surface area contributed by atoms with Gasteiger partial charge >= 0.3 is 5.97 Å². The first-order chi connectivity index (χ1) is 12.7. The molecule has 2 aromatic carbocycles. The van der Waals surface area contributed by atoms with Gasteiger partial charge in [-0.15, -0.1) is 0 Å². The van der Waals surface area contributed by atoms with Gasteiger partial charge in [-0.05, 0) is 40.6 Å². The molecule has 0 N–H and O–H groups in total. The second-order valence-corrected chi connectivity index (χ2v) is 5.62. The van der Waals surface area contributed by atoms with Crippen LogP contribution in [0.5, 0.6) is 5.75 Å². The van der Waals surface area contributed by atoms with Crippen LogP contribution in [-0.2, 0) is 0 Å². The molecule has 26 heavy (non-hydrogen) atoms. The highest BCUT2D eigenvalue weighted by Gasteiger charge is 2.31. The standard InChI is InChI=1S/C18H8N4O4/c23-15-11-7-6-10(25-18(24)9-4-2-1-3-5-9)8-12(11)13-14(15)20-17-16(19-13)21-26-22-17/h1-8H. The average molecular weight is 344 g/mol. The molecule has 0 radical (unpaired) electrons. The molecule has 8 heteroatoms. The van der Waals surface area contributed by atoms with E-state index in [2.05, 4.69) is 24.9 Å². The van der Waals surface area contributed by atoms with Gasteiger partial charge in [-0.3, -0.25) is 4.79 Å². The molecule has 1 aliphatic carbocycles. The van der Waals surface area contributed by atoms with Gasteiger partial charge in [-0.25, -0.2) is 19.4 Å². The predicted octanol–water partition coefficient (Wildman–Crippen LogP) is 2.44. The van der Waals surface area contributed by atoms with Gasteiger partial charge in [0.15, 0.2) is 0 Å². The molecule has 8 nitrogen and oxygen atoms in total. The van der Waals surface area contributed by atoms with Crippen LogP contribution in [0.25, 0.3) is 22.6 Å². The number of ketones is 1. The summed E-state index contributed by atoms with van der Waals surface area (Å²) in [6.45, 7) is 0. The van der Waals surface area contributed by atoms with Crippen molar-refractivity contribution in [2.24, 2.45) is 0 Å². The van der Waals surface area contributed by atoms with Crippen LogP contribution in [-0.4, -0.2) is 32.0 Å². The zero-order valence-corrected chi connectivity index (χ0v) is 13.0. The third kappa shape index (κ3) is 2.09. The Labute approximate surface area is 145 Å². The summed E-state index contributed by atoms with van der Waals surface area (Å²) in [4.78, 5) is 33.2. The van der Waals surface area contributed by atoms with Crippen LogP contribution in [0.4, 0.5) is 0 Å².